The first-order valence-corrected chi connectivity index (χ1v) is 6.51. The summed E-state index contributed by atoms with van der Waals surface area (Å²) in [4.78, 5) is 0. The van der Waals surface area contributed by atoms with Gasteiger partial charge in [-0.2, -0.15) is 11.3 Å². The Morgan fingerprint density at radius 2 is 2.36 bits per heavy atom. The van der Waals surface area contributed by atoms with E-state index in [4.69, 9.17) is 0 Å². The van der Waals surface area contributed by atoms with Crippen molar-refractivity contribution in [3.8, 4) is 0 Å². The lowest BCUT2D eigenvalue weighted by Crippen LogP contribution is -2.41. The Kier molecular flexibility index (Phi) is 3.24. The summed E-state index contributed by atoms with van der Waals surface area (Å²) in [5.41, 5.74) is 2.13. The fourth-order valence-electron chi connectivity index (χ4n) is 2.31. The molecule has 0 radical (unpaired) electrons. The lowest BCUT2D eigenvalue weighted by atomic mass is 9.65. The molecule has 0 bridgehead atoms. The summed E-state index contributed by atoms with van der Waals surface area (Å²) in [7, 11) is 0. The van der Waals surface area contributed by atoms with E-state index in [0.29, 0.717) is 5.41 Å². The first-order chi connectivity index (χ1) is 6.85. The number of rotatable bonds is 5. The van der Waals surface area contributed by atoms with Crippen LogP contribution in [0.15, 0.2) is 16.8 Å². The molecule has 1 aliphatic rings. The molecule has 1 aromatic rings. The summed E-state index contributed by atoms with van der Waals surface area (Å²) in [6.07, 6.45) is 5.53. The van der Waals surface area contributed by atoms with Gasteiger partial charge in [0.15, 0.2) is 0 Å². The second-order valence-electron chi connectivity index (χ2n) is 4.44. The smallest absolute Gasteiger partial charge is 0.00109 e. The molecule has 1 fully saturated rings. The molecule has 0 atom stereocenters. The van der Waals surface area contributed by atoms with Crippen LogP contribution in [0, 0.1) is 5.41 Å². The van der Waals surface area contributed by atoms with E-state index in [1.807, 2.05) is 11.3 Å². The third-order valence-electron chi connectivity index (χ3n) is 3.32. The number of thiophene rings is 1. The topological polar surface area (TPSA) is 12.0 Å². The number of hydrogen-bond donors (Lipinski definition) is 1. The van der Waals surface area contributed by atoms with Gasteiger partial charge in [-0.25, -0.2) is 0 Å². The molecule has 0 aromatic carbocycles. The first-order valence-electron chi connectivity index (χ1n) is 5.56. The highest BCUT2D eigenvalue weighted by Crippen LogP contribution is 2.43. The van der Waals surface area contributed by atoms with Gasteiger partial charge in [-0.1, -0.05) is 13.3 Å². The fourth-order valence-corrected chi connectivity index (χ4v) is 2.98. The molecular weight excluding hydrogens is 190 g/mol. The van der Waals surface area contributed by atoms with Crippen LogP contribution in [-0.4, -0.2) is 13.1 Å². The van der Waals surface area contributed by atoms with E-state index in [1.165, 1.54) is 37.8 Å². The minimum atomic E-state index is 0.594. The van der Waals surface area contributed by atoms with Crippen LogP contribution < -0.4 is 5.32 Å². The van der Waals surface area contributed by atoms with E-state index >= 15 is 0 Å². The van der Waals surface area contributed by atoms with Crippen LogP contribution in [0.1, 0.15) is 31.7 Å². The van der Waals surface area contributed by atoms with Gasteiger partial charge < -0.3 is 5.32 Å². The van der Waals surface area contributed by atoms with Gasteiger partial charge in [-0.15, -0.1) is 0 Å². The van der Waals surface area contributed by atoms with Crippen molar-refractivity contribution in [2.24, 2.45) is 5.41 Å². The Hall–Kier alpha value is -0.340. The Morgan fingerprint density at radius 3 is 2.86 bits per heavy atom. The van der Waals surface area contributed by atoms with Gasteiger partial charge in [0.2, 0.25) is 0 Å². The summed E-state index contributed by atoms with van der Waals surface area (Å²) in [5.74, 6) is 0. The van der Waals surface area contributed by atoms with Crippen LogP contribution in [0.25, 0.3) is 0 Å². The van der Waals surface area contributed by atoms with Gasteiger partial charge in [0.25, 0.3) is 0 Å². The van der Waals surface area contributed by atoms with E-state index in [9.17, 15) is 0 Å². The van der Waals surface area contributed by atoms with E-state index in [1.54, 1.807) is 0 Å². The zero-order chi connectivity index (χ0) is 9.86. The molecule has 1 heterocycles. The highest BCUT2D eigenvalue weighted by atomic mass is 32.1. The largest absolute Gasteiger partial charge is 0.316 e. The molecular formula is C12H19NS. The predicted molar refractivity (Wildman–Crippen MR) is 62.9 cm³/mol. The quantitative estimate of drug-likeness (QED) is 0.786. The molecule has 1 saturated carbocycles. The van der Waals surface area contributed by atoms with Crippen molar-refractivity contribution in [2.75, 3.05) is 13.1 Å². The molecule has 2 rings (SSSR count). The molecule has 0 amide bonds. The maximum Gasteiger partial charge on any atom is 0.00109 e. The maximum atomic E-state index is 3.51. The van der Waals surface area contributed by atoms with E-state index in [-0.39, 0.29) is 0 Å². The molecule has 14 heavy (non-hydrogen) atoms. The summed E-state index contributed by atoms with van der Waals surface area (Å²) >= 11 is 1.82. The standard InChI is InChI=1S/C12H19NS/c1-2-13-10-12(5-3-6-12)8-11-4-7-14-9-11/h4,7,9,13H,2-3,5-6,8,10H2,1H3. The van der Waals surface area contributed by atoms with Gasteiger partial charge >= 0.3 is 0 Å². The SMILES string of the molecule is CCNCC1(Cc2ccsc2)CCC1. The average molecular weight is 209 g/mol. The summed E-state index contributed by atoms with van der Waals surface area (Å²) in [6.45, 7) is 4.50. The normalized spacial score (nSPS) is 19.2. The maximum absolute atomic E-state index is 3.51. The summed E-state index contributed by atoms with van der Waals surface area (Å²) < 4.78 is 0. The summed E-state index contributed by atoms with van der Waals surface area (Å²) in [6, 6.07) is 2.27. The molecule has 78 valence electrons. The van der Waals surface area contributed by atoms with Crippen molar-refractivity contribution in [3.05, 3.63) is 22.4 Å². The second-order valence-corrected chi connectivity index (χ2v) is 5.22. The Balaban J connectivity index is 1.92. The fraction of sp³-hybridized carbons (Fsp3) is 0.667. The van der Waals surface area contributed by atoms with Gasteiger partial charge in [0.1, 0.15) is 0 Å². The summed E-state index contributed by atoms with van der Waals surface area (Å²) in [5, 5.41) is 7.99. The molecule has 0 unspecified atom stereocenters. The van der Waals surface area contributed by atoms with Crippen molar-refractivity contribution in [1.82, 2.24) is 5.32 Å². The highest BCUT2D eigenvalue weighted by molar-refractivity contribution is 7.07. The second kappa shape index (κ2) is 4.45. The van der Waals surface area contributed by atoms with Crippen molar-refractivity contribution in [2.45, 2.75) is 32.6 Å². The Morgan fingerprint density at radius 1 is 1.50 bits per heavy atom. The molecule has 0 spiro atoms. The minimum absolute atomic E-state index is 0.594. The van der Waals surface area contributed by atoms with Crippen molar-refractivity contribution in [1.29, 1.82) is 0 Å². The Labute approximate surface area is 90.5 Å². The van der Waals surface area contributed by atoms with Crippen LogP contribution in [0.2, 0.25) is 0 Å². The number of nitrogens with one attached hydrogen (secondary N) is 1. The monoisotopic (exact) mass is 209 g/mol. The molecule has 0 aliphatic heterocycles. The lowest BCUT2D eigenvalue weighted by molar-refractivity contribution is 0.131. The van der Waals surface area contributed by atoms with E-state index in [0.717, 1.165) is 6.54 Å². The van der Waals surface area contributed by atoms with Crippen LogP contribution in [0.5, 0.6) is 0 Å². The number of hydrogen-bond acceptors (Lipinski definition) is 2. The average Bonchev–Trinajstić information content (AvgIpc) is 2.62. The minimum Gasteiger partial charge on any atom is -0.316 e. The lowest BCUT2D eigenvalue weighted by Gasteiger charge is -2.42. The van der Waals surface area contributed by atoms with Crippen molar-refractivity contribution >= 4 is 11.3 Å². The first kappa shape index (κ1) is 10.2. The van der Waals surface area contributed by atoms with E-state index < -0.39 is 0 Å². The molecule has 2 heteroatoms. The van der Waals surface area contributed by atoms with E-state index in [2.05, 4.69) is 29.1 Å². The van der Waals surface area contributed by atoms with Crippen molar-refractivity contribution in [3.63, 3.8) is 0 Å². The molecule has 1 aromatic heterocycles. The van der Waals surface area contributed by atoms with Gasteiger partial charge in [0, 0.05) is 6.54 Å². The zero-order valence-corrected chi connectivity index (χ0v) is 9.70. The molecule has 1 aliphatic carbocycles. The van der Waals surface area contributed by atoms with Crippen LogP contribution >= 0.6 is 11.3 Å². The molecule has 1 nitrogen and oxygen atoms in total. The third kappa shape index (κ3) is 2.18. The highest BCUT2D eigenvalue weighted by Gasteiger charge is 2.36. The zero-order valence-electron chi connectivity index (χ0n) is 8.88. The molecule has 0 saturated heterocycles. The van der Waals surface area contributed by atoms with Crippen LogP contribution in [0.4, 0.5) is 0 Å². The van der Waals surface area contributed by atoms with Gasteiger partial charge in [0.05, 0.1) is 0 Å². The van der Waals surface area contributed by atoms with Crippen molar-refractivity contribution < 1.29 is 0 Å². The van der Waals surface area contributed by atoms with Crippen LogP contribution in [0.3, 0.4) is 0 Å². The van der Waals surface area contributed by atoms with Gasteiger partial charge in [-0.05, 0) is 53.6 Å². The molecule has 1 N–H and O–H groups in total. The predicted octanol–water partition coefficient (Wildman–Crippen LogP) is 3.07. The van der Waals surface area contributed by atoms with Gasteiger partial charge in [-0.3, -0.25) is 0 Å². The third-order valence-corrected chi connectivity index (χ3v) is 4.06. The van der Waals surface area contributed by atoms with Crippen LogP contribution in [-0.2, 0) is 6.42 Å². The Bertz CT molecular complexity index is 262.